The third kappa shape index (κ3) is 2.83. The number of benzene rings is 1. The Labute approximate surface area is 143 Å². The highest BCUT2D eigenvalue weighted by Crippen LogP contribution is 2.29. The van der Waals surface area contributed by atoms with E-state index in [-0.39, 0.29) is 0 Å². The highest BCUT2D eigenvalue weighted by atomic mass is 32.1. The third-order valence-corrected chi connectivity index (χ3v) is 4.78. The number of fused-ring (bicyclic) bond motifs is 1. The van der Waals surface area contributed by atoms with Gasteiger partial charge >= 0.3 is 0 Å². The number of aromatic nitrogens is 4. The summed E-state index contributed by atoms with van der Waals surface area (Å²) >= 11 is 1.17. The Bertz CT molecular complexity index is 858. The van der Waals surface area contributed by atoms with E-state index in [0.29, 0.717) is 23.5 Å². The molecular weight excluding hydrogens is 324 g/mol. The van der Waals surface area contributed by atoms with Gasteiger partial charge in [0.1, 0.15) is 11.0 Å². The molecule has 8 nitrogen and oxygen atoms in total. The van der Waals surface area contributed by atoms with E-state index < -0.39 is 0 Å². The number of anilines is 4. The van der Waals surface area contributed by atoms with Gasteiger partial charge in [-0.1, -0.05) is 12.8 Å². The number of hydrogen-bond acceptors (Lipinski definition) is 9. The first-order chi connectivity index (χ1) is 11.7. The van der Waals surface area contributed by atoms with Crippen LogP contribution >= 0.6 is 11.7 Å². The van der Waals surface area contributed by atoms with Gasteiger partial charge in [0.05, 0.1) is 29.3 Å². The minimum atomic E-state index is 0.421. The van der Waals surface area contributed by atoms with E-state index in [1.807, 2.05) is 18.2 Å². The van der Waals surface area contributed by atoms with Crippen LogP contribution in [0.4, 0.5) is 23.1 Å². The second-order valence-corrected chi connectivity index (χ2v) is 6.43. The molecule has 0 atom stereocenters. The van der Waals surface area contributed by atoms with Crippen molar-refractivity contribution in [3.05, 3.63) is 24.4 Å². The first-order valence-corrected chi connectivity index (χ1v) is 8.60. The molecule has 24 heavy (non-hydrogen) atoms. The molecule has 0 amide bonds. The van der Waals surface area contributed by atoms with Crippen LogP contribution in [0.3, 0.4) is 0 Å². The summed E-state index contributed by atoms with van der Waals surface area (Å²) < 4.78 is 8.43. The lowest BCUT2D eigenvalue weighted by Gasteiger charge is -2.20. The van der Waals surface area contributed by atoms with Gasteiger partial charge in [-0.25, -0.2) is 10.8 Å². The van der Waals surface area contributed by atoms with Gasteiger partial charge < -0.3 is 11.1 Å². The number of nitrogens with zero attached hydrogens (tertiary/aromatic N) is 5. The lowest BCUT2D eigenvalue weighted by Crippen LogP contribution is -2.28. The van der Waals surface area contributed by atoms with Gasteiger partial charge in [0, 0.05) is 6.04 Å². The molecule has 0 spiro atoms. The second-order valence-electron chi connectivity index (χ2n) is 5.91. The Balaban J connectivity index is 1.63. The second kappa shape index (κ2) is 6.17. The van der Waals surface area contributed by atoms with Crippen molar-refractivity contribution in [1.82, 2.24) is 18.7 Å². The van der Waals surface area contributed by atoms with E-state index in [9.17, 15) is 0 Å². The highest BCUT2D eigenvalue weighted by molar-refractivity contribution is 7.00. The Morgan fingerprint density at radius 2 is 1.96 bits per heavy atom. The SMILES string of the molecule is Nc1cnc(NC2CCCC2)nc1N(N)c1ccc2nsnc2c1. The number of hydrazine groups is 1. The molecule has 0 bridgehead atoms. The van der Waals surface area contributed by atoms with Crippen LogP contribution in [0.1, 0.15) is 25.7 Å². The molecule has 4 rings (SSSR count). The summed E-state index contributed by atoms with van der Waals surface area (Å²) in [5.74, 6) is 7.26. The summed E-state index contributed by atoms with van der Waals surface area (Å²) in [5, 5.41) is 4.81. The topological polar surface area (TPSA) is 119 Å². The van der Waals surface area contributed by atoms with Crippen molar-refractivity contribution in [3.63, 3.8) is 0 Å². The van der Waals surface area contributed by atoms with Crippen molar-refractivity contribution >= 4 is 45.9 Å². The fourth-order valence-corrected chi connectivity index (χ4v) is 3.46. The zero-order chi connectivity index (χ0) is 16.5. The van der Waals surface area contributed by atoms with E-state index >= 15 is 0 Å². The first-order valence-electron chi connectivity index (χ1n) is 7.87. The van der Waals surface area contributed by atoms with Crippen molar-refractivity contribution in [2.45, 2.75) is 31.7 Å². The summed E-state index contributed by atoms with van der Waals surface area (Å²) in [5.41, 5.74) is 8.83. The third-order valence-electron chi connectivity index (χ3n) is 4.23. The monoisotopic (exact) mass is 342 g/mol. The fourth-order valence-electron chi connectivity index (χ4n) is 2.94. The van der Waals surface area contributed by atoms with E-state index in [1.165, 1.54) is 29.6 Å². The molecule has 3 aromatic rings. The molecule has 1 saturated carbocycles. The molecule has 1 aliphatic rings. The van der Waals surface area contributed by atoms with Crippen LogP contribution in [-0.2, 0) is 0 Å². The van der Waals surface area contributed by atoms with Crippen LogP contribution in [0.15, 0.2) is 24.4 Å². The Kier molecular flexibility index (Phi) is 3.87. The summed E-state index contributed by atoms with van der Waals surface area (Å²) in [6, 6.07) is 6.04. The molecule has 0 radical (unpaired) electrons. The zero-order valence-corrected chi connectivity index (χ0v) is 13.8. The largest absolute Gasteiger partial charge is 0.394 e. The van der Waals surface area contributed by atoms with Gasteiger partial charge in [0.25, 0.3) is 0 Å². The normalized spacial score (nSPS) is 15.0. The lowest BCUT2D eigenvalue weighted by molar-refractivity contribution is 0.743. The summed E-state index contributed by atoms with van der Waals surface area (Å²) in [6.45, 7) is 0. The van der Waals surface area contributed by atoms with Crippen molar-refractivity contribution < 1.29 is 0 Å². The molecular formula is C15H18N8S. The first kappa shape index (κ1) is 15.0. The molecule has 1 aliphatic carbocycles. The van der Waals surface area contributed by atoms with Crippen LogP contribution in [0.2, 0.25) is 0 Å². The Morgan fingerprint density at radius 1 is 1.17 bits per heavy atom. The van der Waals surface area contributed by atoms with Gasteiger partial charge in [-0.3, -0.25) is 5.01 Å². The number of hydrogen-bond donors (Lipinski definition) is 3. The molecule has 0 aliphatic heterocycles. The minimum absolute atomic E-state index is 0.421. The molecule has 1 aromatic carbocycles. The zero-order valence-electron chi connectivity index (χ0n) is 13.0. The quantitative estimate of drug-likeness (QED) is 0.488. The summed E-state index contributed by atoms with van der Waals surface area (Å²) in [4.78, 5) is 8.77. The Morgan fingerprint density at radius 3 is 2.79 bits per heavy atom. The maximum atomic E-state index is 6.24. The Hall–Kier alpha value is -2.52. The molecule has 2 aromatic heterocycles. The maximum Gasteiger partial charge on any atom is 0.225 e. The molecule has 5 N–H and O–H groups in total. The molecule has 0 unspecified atom stereocenters. The fraction of sp³-hybridized carbons (Fsp3) is 0.333. The van der Waals surface area contributed by atoms with E-state index in [1.54, 1.807) is 6.20 Å². The van der Waals surface area contributed by atoms with Gasteiger partial charge in [0.15, 0.2) is 5.82 Å². The summed E-state index contributed by atoms with van der Waals surface area (Å²) in [6.07, 6.45) is 6.35. The average Bonchev–Trinajstić information content (AvgIpc) is 3.26. The van der Waals surface area contributed by atoms with Crippen molar-refractivity contribution in [1.29, 1.82) is 0 Å². The van der Waals surface area contributed by atoms with Gasteiger partial charge in [-0.2, -0.15) is 13.7 Å². The summed E-state index contributed by atoms with van der Waals surface area (Å²) in [7, 11) is 0. The van der Waals surface area contributed by atoms with Gasteiger partial charge in [-0.15, -0.1) is 0 Å². The van der Waals surface area contributed by atoms with Crippen LogP contribution in [0.5, 0.6) is 0 Å². The predicted octanol–water partition coefficient (Wildman–Crippen LogP) is 2.43. The minimum Gasteiger partial charge on any atom is -0.394 e. The number of nitrogen functional groups attached to an aromatic ring is 1. The molecule has 2 heterocycles. The molecule has 0 saturated heterocycles. The highest BCUT2D eigenvalue weighted by Gasteiger charge is 2.18. The van der Waals surface area contributed by atoms with Crippen LogP contribution < -0.4 is 21.9 Å². The lowest BCUT2D eigenvalue weighted by atomic mass is 10.2. The van der Waals surface area contributed by atoms with Crippen LogP contribution in [0.25, 0.3) is 11.0 Å². The van der Waals surface area contributed by atoms with Crippen LogP contribution in [0, 0.1) is 0 Å². The van der Waals surface area contributed by atoms with Crippen molar-refractivity contribution in [3.8, 4) is 0 Å². The number of nitrogens with one attached hydrogen (secondary N) is 1. The number of rotatable bonds is 4. The molecule has 1 fully saturated rings. The standard InChI is InChI=1S/C15H18N8S/c16-11-8-18-15(19-9-3-1-2-4-9)20-14(11)23(17)10-5-6-12-13(7-10)22-24-21-12/h5-9H,1-4,16-17H2,(H,18,19,20). The van der Waals surface area contributed by atoms with Crippen molar-refractivity contribution in [2.24, 2.45) is 5.84 Å². The van der Waals surface area contributed by atoms with E-state index in [2.05, 4.69) is 24.0 Å². The van der Waals surface area contributed by atoms with Crippen LogP contribution in [-0.4, -0.2) is 24.8 Å². The average molecular weight is 342 g/mol. The smallest absolute Gasteiger partial charge is 0.225 e. The molecule has 124 valence electrons. The van der Waals surface area contributed by atoms with E-state index in [4.69, 9.17) is 11.6 Å². The predicted molar refractivity (Wildman–Crippen MR) is 96.1 cm³/mol. The van der Waals surface area contributed by atoms with Crippen molar-refractivity contribution in [2.75, 3.05) is 16.1 Å². The number of nitrogens with two attached hydrogens (primary N) is 2. The van der Waals surface area contributed by atoms with Gasteiger partial charge in [0.2, 0.25) is 5.95 Å². The van der Waals surface area contributed by atoms with E-state index in [0.717, 1.165) is 29.6 Å². The maximum absolute atomic E-state index is 6.24. The molecule has 9 heteroatoms. The van der Waals surface area contributed by atoms with Gasteiger partial charge in [-0.05, 0) is 31.0 Å².